The number of aromatic amines is 1. The summed E-state index contributed by atoms with van der Waals surface area (Å²) in [5.41, 5.74) is 2.85. The monoisotopic (exact) mass is 364 g/mol. The van der Waals surface area contributed by atoms with Gasteiger partial charge in [0.1, 0.15) is 28.5 Å². The minimum atomic E-state index is 0.0455. The zero-order valence-electron chi connectivity index (χ0n) is 15.6. The van der Waals surface area contributed by atoms with Crippen molar-refractivity contribution in [2.75, 3.05) is 7.11 Å². The molecule has 4 rings (SSSR count). The molecular formula is C20H20N4O3. The molecule has 0 aliphatic heterocycles. The first-order chi connectivity index (χ1) is 13.0. The number of methoxy groups -OCH3 is 1. The van der Waals surface area contributed by atoms with Crippen LogP contribution in [-0.4, -0.2) is 33.1 Å². The number of imidazole rings is 1. The topological polar surface area (TPSA) is 86.1 Å². The molecule has 0 amide bonds. The second kappa shape index (κ2) is 6.75. The maximum atomic E-state index is 5.86. The van der Waals surface area contributed by atoms with Gasteiger partial charge in [0.15, 0.2) is 17.2 Å². The van der Waals surface area contributed by atoms with Gasteiger partial charge >= 0.3 is 0 Å². The van der Waals surface area contributed by atoms with Crippen molar-refractivity contribution in [1.29, 1.82) is 0 Å². The van der Waals surface area contributed by atoms with E-state index in [-0.39, 0.29) is 6.10 Å². The lowest BCUT2D eigenvalue weighted by Crippen LogP contribution is -2.06. The second-order valence-corrected chi connectivity index (χ2v) is 6.47. The highest BCUT2D eigenvalue weighted by molar-refractivity contribution is 5.89. The molecule has 1 aromatic carbocycles. The van der Waals surface area contributed by atoms with Crippen LogP contribution in [0.5, 0.6) is 11.5 Å². The number of furan rings is 1. The molecule has 0 aliphatic carbocycles. The molecule has 0 saturated carbocycles. The lowest BCUT2D eigenvalue weighted by Gasteiger charge is -2.13. The smallest absolute Gasteiger partial charge is 0.198 e. The third-order valence-electron chi connectivity index (χ3n) is 4.01. The van der Waals surface area contributed by atoms with E-state index in [9.17, 15) is 0 Å². The molecule has 0 bridgehead atoms. The summed E-state index contributed by atoms with van der Waals surface area (Å²) in [6, 6.07) is 9.43. The molecule has 0 spiro atoms. The lowest BCUT2D eigenvalue weighted by atomic mass is 10.1. The van der Waals surface area contributed by atoms with Crippen molar-refractivity contribution in [3.05, 3.63) is 42.4 Å². The molecule has 27 heavy (non-hydrogen) atoms. The average Bonchev–Trinajstić information content (AvgIpc) is 3.28. The molecule has 4 aromatic rings. The van der Waals surface area contributed by atoms with Gasteiger partial charge in [-0.15, -0.1) is 0 Å². The number of fused-ring (bicyclic) bond motifs is 1. The Hall–Kier alpha value is -3.35. The number of H-pyrrole nitrogens is 1. The van der Waals surface area contributed by atoms with Crippen LogP contribution in [0.1, 0.15) is 19.6 Å². The van der Waals surface area contributed by atoms with Gasteiger partial charge in [0.25, 0.3) is 0 Å². The average molecular weight is 364 g/mol. The molecule has 0 radical (unpaired) electrons. The maximum Gasteiger partial charge on any atom is 0.198 e. The van der Waals surface area contributed by atoms with Gasteiger partial charge in [0, 0.05) is 11.6 Å². The highest BCUT2D eigenvalue weighted by Gasteiger charge is 2.17. The van der Waals surface area contributed by atoms with Gasteiger partial charge < -0.3 is 18.9 Å². The first kappa shape index (κ1) is 17.1. The number of nitrogens with zero attached hydrogens (tertiary/aromatic N) is 3. The molecule has 138 valence electrons. The molecule has 0 aliphatic rings. The quantitative estimate of drug-likeness (QED) is 0.565. The Kier molecular flexibility index (Phi) is 4.27. The van der Waals surface area contributed by atoms with Crippen LogP contribution in [0.2, 0.25) is 0 Å². The summed E-state index contributed by atoms with van der Waals surface area (Å²) in [6.45, 7) is 5.84. The Morgan fingerprint density at radius 2 is 1.89 bits per heavy atom. The summed E-state index contributed by atoms with van der Waals surface area (Å²) < 4.78 is 17.0. The van der Waals surface area contributed by atoms with Crippen molar-refractivity contribution >= 4 is 11.2 Å². The predicted octanol–water partition coefficient (Wildman–Crippen LogP) is 4.38. The van der Waals surface area contributed by atoms with Gasteiger partial charge in [-0.05, 0) is 45.0 Å². The number of ether oxygens (including phenoxy) is 2. The number of hydrogen-bond acceptors (Lipinski definition) is 6. The van der Waals surface area contributed by atoms with E-state index < -0.39 is 0 Å². The summed E-state index contributed by atoms with van der Waals surface area (Å²) in [5.74, 6) is 3.27. The molecule has 0 unspecified atom stereocenters. The molecular weight excluding hydrogens is 344 g/mol. The second-order valence-electron chi connectivity index (χ2n) is 6.47. The van der Waals surface area contributed by atoms with E-state index >= 15 is 0 Å². The summed E-state index contributed by atoms with van der Waals surface area (Å²) in [7, 11) is 1.63. The van der Waals surface area contributed by atoms with E-state index in [2.05, 4.69) is 15.0 Å². The number of hydrogen-bond donors (Lipinski definition) is 1. The van der Waals surface area contributed by atoms with Crippen molar-refractivity contribution in [2.24, 2.45) is 0 Å². The fraction of sp³-hybridized carbons (Fsp3) is 0.250. The van der Waals surface area contributed by atoms with Gasteiger partial charge in [0.2, 0.25) is 0 Å². The van der Waals surface area contributed by atoms with Gasteiger partial charge in [-0.2, -0.15) is 0 Å². The van der Waals surface area contributed by atoms with Crippen molar-refractivity contribution in [2.45, 2.75) is 26.9 Å². The van der Waals surface area contributed by atoms with E-state index in [1.54, 1.807) is 13.4 Å². The van der Waals surface area contributed by atoms with Crippen molar-refractivity contribution < 1.29 is 13.9 Å². The van der Waals surface area contributed by atoms with E-state index in [1.165, 1.54) is 0 Å². The molecule has 7 nitrogen and oxygen atoms in total. The fourth-order valence-electron chi connectivity index (χ4n) is 2.87. The first-order valence-electron chi connectivity index (χ1n) is 8.67. The number of benzene rings is 1. The minimum absolute atomic E-state index is 0.0455. The van der Waals surface area contributed by atoms with Crippen LogP contribution in [0.25, 0.3) is 34.0 Å². The Balaban J connectivity index is 1.91. The van der Waals surface area contributed by atoms with Crippen LogP contribution in [0.3, 0.4) is 0 Å². The van der Waals surface area contributed by atoms with Crippen LogP contribution in [0, 0.1) is 6.92 Å². The zero-order valence-corrected chi connectivity index (χ0v) is 15.6. The SMILES string of the molecule is COc1cc(OC(C)C)cc(-c2nc(-c3ccc(C)o3)nc3nc[nH]c23)c1. The molecule has 3 heterocycles. The van der Waals surface area contributed by atoms with E-state index in [0.29, 0.717) is 34.4 Å². The van der Waals surface area contributed by atoms with Gasteiger partial charge in [0.05, 0.1) is 19.5 Å². The van der Waals surface area contributed by atoms with Crippen LogP contribution < -0.4 is 9.47 Å². The van der Waals surface area contributed by atoms with E-state index in [4.69, 9.17) is 18.9 Å². The summed E-state index contributed by atoms with van der Waals surface area (Å²) in [5, 5.41) is 0. The van der Waals surface area contributed by atoms with Crippen LogP contribution in [0.15, 0.2) is 41.1 Å². The highest BCUT2D eigenvalue weighted by atomic mass is 16.5. The van der Waals surface area contributed by atoms with Gasteiger partial charge in [-0.25, -0.2) is 15.0 Å². The normalized spacial score (nSPS) is 11.3. The van der Waals surface area contributed by atoms with E-state index in [0.717, 1.165) is 16.8 Å². The van der Waals surface area contributed by atoms with Gasteiger partial charge in [-0.3, -0.25) is 0 Å². The third-order valence-corrected chi connectivity index (χ3v) is 4.01. The molecule has 1 N–H and O–H groups in total. The highest BCUT2D eigenvalue weighted by Crippen LogP contribution is 2.33. The Bertz CT molecular complexity index is 1100. The lowest BCUT2D eigenvalue weighted by molar-refractivity contribution is 0.241. The predicted molar refractivity (Wildman–Crippen MR) is 102 cm³/mol. The van der Waals surface area contributed by atoms with Crippen LogP contribution in [-0.2, 0) is 0 Å². The third kappa shape index (κ3) is 3.36. The summed E-state index contributed by atoms with van der Waals surface area (Å²) >= 11 is 0. The molecule has 7 heteroatoms. The Labute approximate surface area is 156 Å². The van der Waals surface area contributed by atoms with Crippen molar-refractivity contribution in [3.63, 3.8) is 0 Å². The van der Waals surface area contributed by atoms with Crippen LogP contribution >= 0.6 is 0 Å². The molecule has 0 saturated heterocycles. The first-order valence-corrected chi connectivity index (χ1v) is 8.67. The van der Waals surface area contributed by atoms with Gasteiger partial charge in [-0.1, -0.05) is 0 Å². The molecule has 0 fully saturated rings. The standard InChI is InChI=1S/C20H20N4O3/c1-11(2)26-15-8-13(7-14(9-15)25-4)17-18-20(22-10-21-18)24-19(23-17)16-6-5-12(3)27-16/h5-11H,1-4H3,(H,21,22,23,24). The molecule has 3 aromatic heterocycles. The van der Waals surface area contributed by atoms with Crippen molar-refractivity contribution in [3.8, 4) is 34.3 Å². The number of rotatable bonds is 5. The Morgan fingerprint density at radius 3 is 2.59 bits per heavy atom. The largest absolute Gasteiger partial charge is 0.497 e. The number of aryl methyl sites for hydroxylation is 1. The zero-order chi connectivity index (χ0) is 19.0. The van der Waals surface area contributed by atoms with E-state index in [1.807, 2.05) is 51.1 Å². The fourth-order valence-corrected chi connectivity index (χ4v) is 2.87. The van der Waals surface area contributed by atoms with Crippen LogP contribution in [0.4, 0.5) is 0 Å². The number of nitrogens with one attached hydrogen (secondary N) is 1. The Morgan fingerprint density at radius 1 is 1.07 bits per heavy atom. The summed E-state index contributed by atoms with van der Waals surface area (Å²) in [6.07, 6.45) is 1.65. The minimum Gasteiger partial charge on any atom is -0.497 e. The number of aromatic nitrogens is 4. The maximum absolute atomic E-state index is 5.86. The molecule has 0 atom stereocenters. The van der Waals surface area contributed by atoms with Crippen molar-refractivity contribution in [1.82, 2.24) is 19.9 Å². The summed E-state index contributed by atoms with van der Waals surface area (Å²) in [4.78, 5) is 16.7.